The van der Waals surface area contributed by atoms with Crippen molar-refractivity contribution in [2.45, 2.75) is 20.3 Å². The zero-order chi connectivity index (χ0) is 23.5. The molecule has 0 atom stereocenters. The third kappa shape index (κ3) is 4.01. The molecule has 0 fully saturated rings. The Balaban J connectivity index is 1.87. The highest BCUT2D eigenvalue weighted by atomic mass is 16.6. The molecule has 3 aromatic carbocycles. The van der Waals surface area contributed by atoms with Gasteiger partial charge >= 0.3 is 0 Å². The van der Waals surface area contributed by atoms with Crippen LogP contribution in [0.4, 0.5) is 17.1 Å². The van der Waals surface area contributed by atoms with Crippen LogP contribution < -0.4 is 9.80 Å². The molecule has 0 bridgehead atoms. The molecule has 4 rings (SSSR count). The highest BCUT2D eigenvalue weighted by molar-refractivity contribution is 6.46. The minimum Gasteiger partial charge on any atom is -0.337 e. The monoisotopic (exact) mass is 441 g/mol. The highest BCUT2D eigenvalue weighted by Crippen LogP contribution is 2.37. The Kier molecular flexibility index (Phi) is 6.04. The van der Waals surface area contributed by atoms with Gasteiger partial charge in [0.25, 0.3) is 17.5 Å². The molecule has 0 saturated heterocycles. The number of nitro benzene ring substituents is 1. The molecule has 0 spiro atoms. The molecule has 0 N–H and O–H groups in total. The molecule has 166 valence electrons. The first-order chi connectivity index (χ1) is 16.0. The third-order valence-corrected chi connectivity index (χ3v) is 5.68. The van der Waals surface area contributed by atoms with Crippen LogP contribution in [0.2, 0.25) is 0 Å². The van der Waals surface area contributed by atoms with Gasteiger partial charge in [-0.25, -0.2) is 4.90 Å². The van der Waals surface area contributed by atoms with E-state index in [1.165, 1.54) is 29.2 Å². The van der Waals surface area contributed by atoms with E-state index in [-0.39, 0.29) is 17.0 Å². The second kappa shape index (κ2) is 9.08. The van der Waals surface area contributed by atoms with Crippen molar-refractivity contribution in [2.75, 3.05) is 16.3 Å². The molecule has 0 aliphatic carbocycles. The molecule has 2 amide bonds. The molecule has 1 heterocycles. The van der Waals surface area contributed by atoms with Gasteiger partial charge in [0.2, 0.25) is 0 Å². The molecule has 1 aliphatic rings. The van der Waals surface area contributed by atoms with Crippen molar-refractivity contribution in [3.05, 3.63) is 106 Å². The average Bonchev–Trinajstić information content (AvgIpc) is 3.10. The Morgan fingerprint density at radius 3 is 2.03 bits per heavy atom. The number of benzene rings is 3. The topological polar surface area (TPSA) is 83.8 Å². The summed E-state index contributed by atoms with van der Waals surface area (Å²) >= 11 is 0. The van der Waals surface area contributed by atoms with Gasteiger partial charge < -0.3 is 4.90 Å². The molecule has 1 aliphatic heterocycles. The predicted octanol–water partition coefficient (Wildman–Crippen LogP) is 4.97. The normalized spacial score (nSPS) is 13.6. The summed E-state index contributed by atoms with van der Waals surface area (Å²) < 4.78 is 0. The van der Waals surface area contributed by atoms with E-state index in [0.29, 0.717) is 17.8 Å². The quantitative estimate of drug-likeness (QED) is 0.294. The summed E-state index contributed by atoms with van der Waals surface area (Å²) in [5.74, 6) is -0.884. The molecule has 7 nitrogen and oxygen atoms in total. The molecular weight excluding hydrogens is 418 g/mol. The van der Waals surface area contributed by atoms with Crippen molar-refractivity contribution in [2.24, 2.45) is 0 Å². The Hall–Kier alpha value is -4.26. The fraction of sp³-hybridized carbons (Fsp3) is 0.154. The van der Waals surface area contributed by atoms with E-state index in [0.717, 1.165) is 17.7 Å². The number of amides is 2. The smallest absolute Gasteiger partial charge is 0.282 e. The Morgan fingerprint density at radius 2 is 1.48 bits per heavy atom. The number of para-hydroxylation sites is 1. The molecule has 0 radical (unpaired) electrons. The Morgan fingerprint density at radius 1 is 0.848 bits per heavy atom. The number of hydrogen-bond donors (Lipinski definition) is 0. The summed E-state index contributed by atoms with van der Waals surface area (Å²) in [6.45, 7) is 4.40. The van der Waals surface area contributed by atoms with Crippen LogP contribution in [0.15, 0.2) is 84.6 Å². The van der Waals surface area contributed by atoms with Crippen molar-refractivity contribution in [3.8, 4) is 0 Å². The van der Waals surface area contributed by atoms with Gasteiger partial charge in [-0.2, -0.15) is 0 Å². The van der Waals surface area contributed by atoms with Gasteiger partial charge in [-0.05, 0) is 60.9 Å². The van der Waals surface area contributed by atoms with Crippen molar-refractivity contribution in [1.82, 2.24) is 0 Å². The maximum Gasteiger partial charge on any atom is 0.282 e. The second-order valence-corrected chi connectivity index (χ2v) is 7.57. The summed E-state index contributed by atoms with van der Waals surface area (Å²) in [6.07, 6.45) is 0.845. The van der Waals surface area contributed by atoms with E-state index in [2.05, 4.69) is 0 Å². The number of nitrogens with zero attached hydrogens (tertiary/aromatic N) is 3. The van der Waals surface area contributed by atoms with Crippen molar-refractivity contribution < 1.29 is 14.5 Å². The number of nitro groups is 1. The Labute approximate surface area is 191 Å². The van der Waals surface area contributed by atoms with Crippen molar-refractivity contribution in [3.63, 3.8) is 0 Å². The van der Waals surface area contributed by atoms with E-state index >= 15 is 0 Å². The van der Waals surface area contributed by atoms with Crippen LogP contribution in [-0.2, 0) is 16.0 Å². The number of rotatable bonds is 7. The summed E-state index contributed by atoms with van der Waals surface area (Å²) in [5.41, 5.74) is 3.21. The van der Waals surface area contributed by atoms with Crippen LogP contribution in [0.25, 0.3) is 5.57 Å². The molecule has 7 heteroatoms. The highest BCUT2D eigenvalue weighted by Gasteiger charge is 2.42. The number of carbonyl (C=O) groups is 2. The largest absolute Gasteiger partial charge is 0.337 e. The van der Waals surface area contributed by atoms with Gasteiger partial charge in [0.05, 0.1) is 16.2 Å². The standard InChI is InChI=1S/C26H23N3O4/c1-3-18-10-14-21(15-11-18)28-25(30)23(19-12-16-22(17-13-19)29(32)33)24(26(28)31)27(4-2)20-8-6-5-7-9-20/h5-17H,3-4H2,1-2H3. The van der Waals surface area contributed by atoms with E-state index in [4.69, 9.17) is 0 Å². The summed E-state index contributed by atoms with van der Waals surface area (Å²) in [4.78, 5) is 40.9. The summed E-state index contributed by atoms with van der Waals surface area (Å²) in [6, 6.07) is 22.4. The second-order valence-electron chi connectivity index (χ2n) is 7.57. The van der Waals surface area contributed by atoms with Gasteiger partial charge in [-0.1, -0.05) is 37.3 Å². The van der Waals surface area contributed by atoms with Gasteiger partial charge in [0, 0.05) is 24.4 Å². The van der Waals surface area contributed by atoms with E-state index in [1.807, 2.05) is 56.3 Å². The average molecular weight is 441 g/mol. The zero-order valence-corrected chi connectivity index (χ0v) is 18.4. The zero-order valence-electron chi connectivity index (χ0n) is 18.4. The van der Waals surface area contributed by atoms with E-state index < -0.39 is 16.7 Å². The lowest BCUT2D eigenvalue weighted by Gasteiger charge is -2.25. The van der Waals surface area contributed by atoms with Gasteiger partial charge in [-0.3, -0.25) is 19.7 Å². The van der Waals surface area contributed by atoms with Gasteiger partial charge in [0.1, 0.15) is 5.70 Å². The SMILES string of the molecule is CCc1ccc(N2C(=O)C(c3ccc([N+](=O)[O-])cc3)=C(N(CC)c3ccccc3)C2=O)cc1. The Bertz CT molecular complexity index is 1230. The number of hydrogen-bond acceptors (Lipinski definition) is 5. The maximum absolute atomic E-state index is 13.7. The van der Waals surface area contributed by atoms with Crippen molar-refractivity contribution >= 4 is 34.4 Å². The first-order valence-corrected chi connectivity index (χ1v) is 10.8. The number of imide groups is 1. The molecule has 0 unspecified atom stereocenters. The van der Waals surface area contributed by atoms with Crippen LogP contribution in [0.1, 0.15) is 25.0 Å². The van der Waals surface area contributed by atoms with Crippen LogP contribution in [0.5, 0.6) is 0 Å². The number of likely N-dealkylation sites (N-methyl/N-ethyl adjacent to an activating group) is 1. The molecular formula is C26H23N3O4. The number of non-ortho nitro benzene ring substituents is 1. The summed E-state index contributed by atoms with van der Waals surface area (Å²) in [5, 5.41) is 11.1. The molecule has 0 saturated carbocycles. The summed E-state index contributed by atoms with van der Waals surface area (Å²) in [7, 11) is 0. The van der Waals surface area contributed by atoms with Crippen molar-refractivity contribution in [1.29, 1.82) is 0 Å². The number of aryl methyl sites for hydroxylation is 1. The minimum atomic E-state index is -0.495. The lowest BCUT2D eigenvalue weighted by atomic mass is 10.0. The van der Waals surface area contributed by atoms with Crippen LogP contribution in [0.3, 0.4) is 0 Å². The molecule has 33 heavy (non-hydrogen) atoms. The fourth-order valence-corrected chi connectivity index (χ4v) is 3.97. The lowest BCUT2D eigenvalue weighted by molar-refractivity contribution is -0.384. The third-order valence-electron chi connectivity index (χ3n) is 5.68. The fourth-order valence-electron chi connectivity index (χ4n) is 3.97. The first kappa shape index (κ1) is 22.0. The van der Waals surface area contributed by atoms with Gasteiger partial charge in [-0.15, -0.1) is 0 Å². The predicted molar refractivity (Wildman–Crippen MR) is 128 cm³/mol. The maximum atomic E-state index is 13.7. The van der Waals surface area contributed by atoms with E-state index in [9.17, 15) is 19.7 Å². The van der Waals surface area contributed by atoms with Crippen LogP contribution in [-0.4, -0.2) is 23.3 Å². The number of anilines is 2. The number of carbonyl (C=O) groups excluding carboxylic acids is 2. The first-order valence-electron chi connectivity index (χ1n) is 10.8. The van der Waals surface area contributed by atoms with Crippen LogP contribution in [0, 0.1) is 10.1 Å². The lowest BCUT2D eigenvalue weighted by Crippen LogP contribution is -2.35. The van der Waals surface area contributed by atoms with Gasteiger partial charge in [0.15, 0.2) is 0 Å². The minimum absolute atomic E-state index is 0.0833. The van der Waals surface area contributed by atoms with Crippen LogP contribution >= 0.6 is 0 Å². The molecule has 0 aromatic heterocycles. The molecule has 3 aromatic rings. The van der Waals surface area contributed by atoms with E-state index in [1.54, 1.807) is 17.0 Å².